The minimum Gasteiger partial charge on any atom is -0.476 e. The summed E-state index contributed by atoms with van der Waals surface area (Å²) in [5.41, 5.74) is 0.938. The lowest BCUT2D eigenvalue weighted by atomic mass is 9.83. The normalized spacial score (nSPS) is 26.4. The maximum atomic E-state index is 5.74. The van der Waals surface area contributed by atoms with Crippen molar-refractivity contribution in [1.29, 1.82) is 0 Å². The van der Waals surface area contributed by atoms with Crippen LogP contribution < -0.4 is 5.32 Å². The maximum Gasteiger partial charge on any atom is 0.177 e. The van der Waals surface area contributed by atoms with Crippen molar-refractivity contribution in [2.45, 2.75) is 32.9 Å². The van der Waals surface area contributed by atoms with Crippen LogP contribution in [-0.2, 0) is 4.74 Å². The van der Waals surface area contributed by atoms with Gasteiger partial charge in [0.2, 0.25) is 0 Å². The lowest BCUT2D eigenvalue weighted by Crippen LogP contribution is -2.42. The van der Waals surface area contributed by atoms with Gasteiger partial charge in [-0.15, -0.1) is 0 Å². The Morgan fingerprint density at radius 1 is 1.18 bits per heavy atom. The van der Waals surface area contributed by atoms with Crippen LogP contribution in [0.1, 0.15) is 27.2 Å². The summed E-state index contributed by atoms with van der Waals surface area (Å²) >= 11 is 2.31. The number of anilines is 1. The van der Waals surface area contributed by atoms with Crippen molar-refractivity contribution in [3.8, 4) is 0 Å². The van der Waals surface area contributed by atoms with Crippen LogP contribution in [0.5, 0.6) is 0 Å². The number of hydrogen-bond acceptors (Lipinski definition) is 2. The molecule has 92 valence electrons. The second-order valence-corrected chi connectivity index (χ2v) is 6.69. The first-order valence-corrected chi connectivity index (χ1v) is 6.86. The molecule has 0 radical (unpaired) electrons. The van der Waals surface area contributed by atoms with Crippen molar-refractivity contribution in [3.63, 3.8) is 0 Å². The third-order valence-electron chi connectivity index (χ3n) is 2.89. The zero-order valence-corrected chi connectivity index (χ0v) is 12.6. The van der Waals surface area contributed by atoms with Gasteiger partial charge < -0.3 is 10.1 Å². The van der Waals surface area contributed by atoms with Crippen LogP contribution in [0.3, 0.4) is 0 Å². The standard InChI is InChI=1S/C14H18INO/c1-13(2)8-9-17-14(3,10-13)16-12-6-4-11(15)5-7-12/h4-9,16H,10H2,1-3H3. The Morgan fingerprint density at radius 3 is 2.41 bits per heavy atom. The molecule has 1 N–H and O–H groups in total. The van der Waals surface area contributed by atoms with E-state index in [1.54, 1.807) is 0 Å². The minimum atomic E-state index is -0.328. The van der Waals surface area contributed by atoms with E-state index in [-0.39, 0.29) is 11.1 Å². The van der Waals surface area contributed by atoms with Crippen LogP contribution in [0.4, 0.5) is 5.69 Å². The van der Waals surface area contributed by atoms with Crippen molar-refractivity contribution in [2.75, 3.05) is 5.32 Å². The van der Waals surface area contributed by atoms with Gasteiger partial charge in [0.05, 0.1) is 6.26 Å². The van der Waals surface area contributed by atoms with Crippen LogP contribution >= 0.6 is 22.6 Å². The summed E-state index contributed by atoms with van der Waals surface area (Å²) in [6.45, 7) is 6.54. The molecule has 2 rings (SSSR count). The number of halogens is 1. The molecule has 0 spiro atoms. The first-order valence-electron chi connectivity index (χ1n) is 5.78. The highest BCUT2D eigenvalue weighted by Crippen LogP contribution is 2.36. The molecular formula is C14H18INO. The minimum absolute atomic E-state index is 0.170. The Labute approximate surface area is 117 Å². The van der Waals surface area contributed by atoms with E-state index in [4.69, 9.17) is 4.74 Å². The molecule has 0 saturated carbocycles. The molecule has 1 aromatic rings. The van der Waals surface area contributed by atoms with Crippen molar-refractivity contribution in [3.05, 3.63) is 40.2 Å². The molecule has 1 aromatic carbocycles. The predicted molar refractivity (Wildman–Crippen MR) is 79.8 cm³/mol. The van der Waals surface area contributed by atoms with E-state index in [2.05, 4.69) is 79.0 Å². The molecule has 0 aliphatic carbocycles. The Balaban J connectivity index is 2.13. The van der Waals surface area contributed by atoms with Crippen molar-refractivity contribution >= 4 is 28.3 Å². The smallest absolute Gasteiger partial charge is 0.177 e. The molecule has 17 heavy (non-hydrogen) atoms. The van der Waals surface area contributed by atoms with Gasteiger partial charge in [-0.2, -0.15) is 0 Å². The summed E-state index contributed by atoms with van der Waals surface area (Å²) in [5.74, 6) is 0. The fraction of sp³-hybridized carbons (Fsp3) is 0.429. The summed E-state index contributed by atoms with van der Waals surface area (Å²) in [4.78, 5) is 0. The molecule has 3 heteroatoms. The Kier molecular flexibility index (Phi) is 3.39. The molecule has 1 atom stereocenters. The topological polar surface area (TPSA) is 21.3 Å². The summed E-state index contributed by atoms with van der Waals surface area (Å²) in [6, 6.07) is 8.36. The lowest BCUT2D eigenvalue weighted by Gasteiger charge is -2.40. The van der Waals surface area contributed by atoms with E-state index in [1.165, 1.54) is 3.57 Å². The van der Waals surface area contributed by atoms with Gasteiger partial charge in [0.1, 0.15) is 0 Å². The summed E-state index contributed by atoms with van der Waals surface area (Å²) < 4.78 is 6.98. The van der Waals surface area contributed by atoms with Gasteiger partial charge in [0, 0.05) is 15.7 Å². The van der Waals surface area contributed by atoms with E-state index < -0.39 is 0 Å². The quantitative estimate of drug-likeness (QED) is 0.805. The molecule has 1 aliphatic heterocycles. The first kappa shape index (κ1) is 12.7. The highest BCUT2D eigenvalue weighted by molar-refractivity contribution is 14.1. The van der Waals surface area contributed by atoms with Gasteiger partial charge in [-0.05, 0) is 65.3 Å². The van der Waals surface area contributed by atoms with Gasteiger partial charge in [-0.25, -0.2) is 0 Å². The highest BCUT2D eigenvalue weighted by atomic mass is 127. The van der Waals surface area contributed by atoms with E-state index >= 15 is 0 Å². The zero-order chi connectivity index (χ0) is 12.5. The van der Waals surface area contributed by atoms with E-state index in [0.717, 1.165) is 12.1 Å². The lowest BCUT2D eigenvalue weighted by molar-refractivity contribution is 0.0151. The SMILES string of the molecule is CC1(C)C=COC(C)(Nc2ccc(I)cc2)C1. The molecule has 0 fully saturated rings. The van der Waals surface area contributed by atoms with E-state index in [1.807, 2.05) is 6.26 Å². The number of hydrogen-bond donors (Lipinski definition) is 1. The Hall–Kier alpha value is -0.710. The monoisotopic (exact) mass is 343 g/mol. The van der Waals surface area contributed by atoms with E-state index in [0.29, 0.717) is 0 Å². The predicted octanol–water partition coefficient (Wildman–Crippen LogP) is 4.38. The maximum absolute atomic E-state index is 5.74. The van der Waals surface area contributed by atoms with Crippen molar-refractivity contribution in [2.24, 2.45) is 5.41 Å². The van der Waals surface area contributed by atoms with Crippen molar-refractivity contribution < 1.29 is 4.74 Å². The van der Waals surface area contributed by atoms with Crippen LogP contribution in [0.15, 0.2) is 36.6 Å². The molecule has 1 unspecified atom stereocenters. The fourth-order valence-corrected chi connectivity index (χ4v) is 2.61. The zero-order valence-electron chi connectivity index (χ0n) is 10.5. The second kappa shape index (κ2) is 4.52. The van der Waals surface area contributed by atoms with Gasteiger partial charge in [0.25, 0.3) is 0 Å². The van der Waals surface area contributed by atoms with Crippen LogP contribution in [0.2, 0.25) is 0 Å². The van der Waals surface area contributed by atoms with Crippen LogP contribution in [-0.4, -0.2) is 5.72 Å². The number of benzene rings is 1. The Morgan fingerprint density at radius 2 is 1.82 bits per heavy atom. The molecule has 0 saturated heterocycles. The molecule has 2 nitrogen and oxygen atoms in total. The summed E-state index contributed by atoms with van der Waals surface area (Å²) in [7, 11) is 0. The van der Waals surface area contributed by atoms with Gasteiger partial charge in [-0.3, -0.25) is 0 Å². The average molecular weight is 343 g/mol. The Bertz CT molecular complexity index is 424. The number of ether oxygens (including phenoxy) is 1. The number of nitrogens with one attached hydrogen (secondary N) is 1. The van der Waals surface area contributed by atoms with E-state index in [9.17, 15) is 0 Å². The molecular weight excluding hydrogens is 325 g/mol. The molecule has 0 aromatic heterocycles. The molecule has 1 heterocycles. The fourth-order valence-electron chi connectivity index (χ4n) is 2.25. The highest BCUT2D eigenvalue weighted by Gasteiger charge is 2.35. The first-order chi connectivity index (χ1) is 7.89. The summed E-state index contributed by atoms with van der Waals surface area (Å²) in [5, 5.41) is 3.46. The van der Waals surface area contributed by atoms with Crippen molar-refractivity contribution in [1.82, 2.24) is 0 Å². The summed E-state index contributed by atoms with van der Waals surface area (Å²) in [6.07, 6.45) is 4.87. The molecule has 1 aliphatic rings. The van der Waals surface area contributed by atoms with Crippen LogP contribution in [0.25, 0.3) is 0 Å². The molecule has 0 amide bonds. The number of allylic oxidation sites excluding steroid dienone is 1. The third-order valence-corrected chi connectivity index (χ3v) is 3.61. The van der Waals surface area contributed by atoms with Gasteiger partial charge >= 0.3 is 0 Å². The van der Waals surface area contributed by atoms with Crippen LogP contribution in [0, 0.1) is 8.99 Å². The van der Waals surface area contributed by atoms with Gasteiger partial charge in [0.15, 0.2) is 5.72 Å². The second-order valence-electron chi connectivity index (χ2n) is 5.45. The largest absolute Gasteiger partial charge is 0.476 e. The third kappa shape index (κ3) is 3.37. The van der Waals surface area contributed by atoms with Gasteiger partial charge in [-0.1, -0.05) is 13.8 Å². The average Bonchev–Trinajstić information content (AvgIpc) is 2.19. The number of rotatable bonds is 2. The molecule has 0 bridgehead atoms.